The summed E-state index contributed by atoms with van der Waals surface area (Å²) in [5.41, 5.74) is 0.457. The SMILES string of the molecule is CC=C1[C@H](O[C@@H]2O[C@H](CO)[C@@H](O)[C@H](O)[C@H]2O)OC=C(C(=O)OC)[C@H]1CC(=O)OCCCC. The summed E-state index contributed by atoms with van der Waals surface area (Å²) in [6.45, 7) is 3.25. The Labute approximate surface area is 186 Å². The van der Waals surface area contributed by atoms with E-state index in [0.717, 1.165) is 12.7 Å². The van der Waals surface area contributed by atoms with Crippen LogP contribution in [0, 0.1) is 5.92 Å². The molecule has 2 aliphatic heterocycles. The van der Waals surface area contributed by atoms with Gasteiger partial charge in [0.1, 0.15) is 24.4 Å². The Kier molecular flexibility index (Phi) is 10.1. The maximum atomic E-state index is 12.4. The summed E-state index contributed by atoms with van der Waals surface area (Å²) in [7, 11) is 1.20. The third kappa shape index (κ3) is 6.06. The van der Waals surface area contributed by atoms with E-state index in [-0.39, 0.29) is 18.6 Å². The van der Waals surface area contributed by atoms with Gasteiger partial charge in [0.05, 0.1) is 38.6 Å². The monoisotopic (exact) mass is 460 g/mol. The normalized spacial score (nSPS) is 33.9. The smallest absolute Gasteiger partial charge is 0.337 e. The van der Waals surface area contributed by atoms with E-state index in [1.165, 1.54) is 7.11 Å². The number of esters is 2. The molecule has 0 bridgehead atoms. The molecule has 0 amide bonds. The fraction of sp³-hybridized carbons (Fsp3) is 0.714. The van der Waals surface area contributed by atoms with Crippen LogP contribution in [0.3, 0.4) is 0 Å². The van der Waals surface area contributed by atoms with Crippen molar-refractivity contribution in [2.24, 2.45) is 5.92 Å². The molecule has 0 unspecified atom stereocenters. The summed E-state index contributed by atoms with van der Waals surface area (Å²) in [5.74, 6) is -2.00. The highest BCUT2D eigenvalue weighted by atomic mass is 16.8. The third-order valence-electron chi connectivity index (χ3n) is 5.36. The zero-order valence-electron chi connectivity index (χ0n) is 18.4. The molecule has 11 nitrogen and oxygen atoms in total. The number of hydrogen-bond donors (Lipinski definition) is 4. The van der Waals surface area contributed by atoms with E-state index in [4.69, 9.17) is 23.7 Å². The Morgan fingerprint density at radius 3 is 2.50 bits per heavy atom. The zero-order chi connectivity index (χ0) is 23.8. The first-order chi connectivity index (χ1) is 15.3. The molecule has 4 N–H and O–H groups in total. The first-order valence-corrected chi connectivity index (χ1v) is 10.5. The predicted molar refractivity (Wildman–Crippen MR) is 108 cm³/mol. The number of rotatable bonds is 9. The van der Waals surface area contributed by atoms with Crippen LogP contribution >= 0.6 is 0 Å². The molecular formula is C21H32O11. The highest BCUT2D eigenvalue weighted by Gasteiger charge is 2.46. The highest BCUT2D eigenvalue weighted by molar-refractivity contribution is 5.90. The fourth-order valence-electron chi connectivity index (χ4n) is 3.48. The molecule has 1 fully saturated rings. The van der Waals surface area contributed by atoms with E-state index >= 15 is 0 Å². The molecule has 32 heavy (non-hydrogen) atoms. The minimum Gasteiger partial charge on any atom is -0.468 e. The number of aliphatic hydroxyl groups is 4. The van der Waals surface area contributed by atoms with Crippen LogP contribution in [-0.2, 0) is 33.3 Å². The molecule has 0 saturated carbocycles. The van der Waals surface area contributed by atoms with Crippen molar-refractivity contribution in [2.45, 2.75) is 70.1 Å². The van der Waals surface area contributed by atoms with Crippen molar-refractivity contribution >= 4 is 11.9 Å². The molecule has 0 aromatic rings. The van der Waals surface area contributed by atoms with Crippen molar-refractivity contribution in [3.8, 4) is 0 Å². The van der Waals surface area contributed by atoms with Gasteiger partial charge in [-0.2, -0.15) is 0 Å². The molecule has 182 valence electrons. The Bertz CT molecular complexity index is 702. The van der Waals surface area contributed by atoms with Crippen LogP contribution in [-0.4, -0.2) is 89.7 Å². The minimum atomic E-state index is -1.64. The van der Waals surface area contributed by atoms with E-state index in [9.17, 15) is 30.0 Å². The summed E-state index contributed by atoms with van der Waals surface area (Å²) in [4.78, 5) is 24.6. The summed E-state index contributed by atoms with van der Waals surface area (Å²) >= 11 is 0. The third-order valence-corrected chi connectivity index (χ3v) is 5.36. The van der Waals surface area contributed by atoms with Crippen molar-refractivity contribution in [3.05, 3.63) is 23.5 Å². The van der Waals surface area contributed by atoms with E-state index in [1.54, 1.807) is 13.0 Å². The lowest BCUT2D eigenvalue weighted by Crippen LogP contribution is -2.60. The van der Waals surface area contributed by atoms with Gasteiger partial charge in [0.15, 0.2) is 6.29 Å². The topological polar surface area (TPSA) is 161 Å². The van der Waals surface area contributed by atoms with Crippen molar-refractivity contribution in [2.75, 3.05) is 20.3 Å². The van der Waals surface area contributed by atoms with Crippen LogP contribution < -0.4 is 0 Å². The molecule has 0 spiro atoms. The molecule has 0 aromatic heterocycles. The minimum absolute atomic E-state index is 0.0849. The van der Waals surface area contributed by atoms with Crippen LogP contribution in [0.15, 0.2) is 23.5 Å². The van der Waals surface area contributed by atoms with E-state index in [1.807, 2.05) is 6.92 Å². The summed E-state index contributed by atoms with van der Waals surface area (Å²) in [5, 5.41) is 39.5. The summed E-state index contributed by atoms with van der Waals surface area (Å²) in [6.07, 6.45) is -4.55. The summed E-state index contributed by atoms with van der Waals surface area (Å²) < 4.78 is 26.5. The van der Waals surface area contributed by atoms with Gasteiger partial charge >= 0.3 is 11.9 Å². The number of aliphatic hydroxyl groups excluding tert-OH is 4. The van der Waals surface area contributed by atoms with Crippen molar-refractivity contribution < 1.29 is 53.7 Å². The quantitative estimate of drug-likeness (QED) is 0.200. The number of carbonyl (C=O) groups is 2. The van der Waals surface area contributed by atoms with Gasteiger partial charge in [-0.1, -0.05) is 19.4 Å². The number of hydrogen-bond acceptors (Lipinski definition) is 11. The number of ether oxygens (including phenoxy) is 5. The average molecular weight is 460 g/mol. The number of carbonyl (C=O) groups excluding carboxylic acids is 2. The fourth-order valence-corrected chi connectivity index (χ4v) is 3.48. The van der Waals surface area contributed by atoms with Crippen LogP contribution in [0.1, 0.15) is 33.1 Å². The maximum Gasteiger partial charge on any atom is 0.337 e. The summed E-state index contributed by atoms with van der Waals surface area (Å²) in [6, 6.07) is 0. The highest BCUT2D eigenvalue weighted by Crippen LogP contribution is 2.36. The van der Waals surface area contributed by atoms with E-state index in [2.05, 4.69) is 0 Å². The molecule has 2 aliphatic rings. The Hall–Kier alpha value is -2.02. The van der Waals surface area contributed by atoms with Gasteiger partial charge < -0.3 is 44.1 Å². The Morgan fingerprint density at radius 1 is 1.19 bits per heavy atom. The molecule has 2 rings (SSSR count). The first-order valence-electron chi connectivity index (χ1n) is 10.5. The van der Waals surface area contributed by atoms with Crippen LogP contribution in [0.5, 0.6) is 0 Å². The van der Waals surface area contributed by atoms with Crippen molar-refractivity contribution in [1.82, 2.24) is 0 Å². The lowest BCUT2D eigenvalue weighted by molar-refractivity contribution is -0.327. The van der Waals surface area contributed by atoms with Gasteiger partial charge in [-0.3, -0.25) is 4.79 Å². The van der Waals surface area contributed by atoms with Crippen LogP contribution in [0.4, 0.5) is 0 Å². The average Bonchev–Trinajstić information content (AvgIpc) is 2.79. The Morgan fingerprint density at radius 2 is 1.91 bits per heavy atom. The van der Waals surface area contributed by atoms with E-state index in [0.29, 0.717) is 12.0 Å². The Balaban J connectivity index is 2.22. The van der Waals surface area contributed by atoms with E-state index < -0.39 is 61.5 Å². The van der Waals surface area contributed by atoms with Gasteiger partial charge in [0, 0.05) is 11.5 Å². The second-order valence-corrected chi connectivity index (χ2v) is 7.49. The van der Waals surface area contributed by atoms with Crippen molar-refractivity contribution in [3.63, 3.8) is 0 Å². The molecule has 7 atom stereocenters. The molecule has 1 saturated heterocycles. The maximum absolute atomic E-state index is 12.4. The second-order valence-electron chi connectivity index (χ2n) is 7.49. The number of allylic oxidation sites excluding steroid dienone is 1. The molecule has 11 heteroatoms. The number of unbranched alkanes of at least 4 members (excludes halogenated alkanes) is 1. The van der Waals surface area contributed by atoms with Gasteiger partial charge in [-0.15, -0.1) is 0 Å². The van der Waals surface area contributed by atoms with Gasteiger partial charge in [-0.05, 0) is 13.3 Å². The van der Waals surface area contributed by atoms with Gasteiger partial charge in [0.25, 0.3) is 0 Å². The largest absolute Gasteiger partial charge is 0.468 e. The zero-order valence-corrected chi connectivity index (χ0v) is 18.4. The lowest BCUT2D eigenvalue weighted by Gasteiger charge is -2.41. The molecule has 2 heterocycles. The number of methoxy groups -OCH3 is 1. The molecule has 0 aliphatic carbocycles. The van der Waals surface area contributed by atoms with Crippen molar-refractivity contribution in [1.29, 1.82) is 0 Å². The van der Waals surface area contributed by atoms with Gasteiger partial charge in [-0.25, -0.2) is 4.79 Å². The van der Waals surface area contributed by atoms with Crippen LogP contribution in [0.25, 0.3) is 0 Å². The standard InChI is InChI=1S/C21H32O11/c1-4-6-7-29-15(23)8-12-11(5-2)20(30-10-13(12)19(27)28-3)32-21-18(26)17(25)16(24)14(9-22)31-21/h5,10,12,14,16-18,20-22,24-26H,4,6-9H2,1-3H3/t12-,14+,16+,17-,18+,20-,21-/m0/s1. The predicted octanol–water partition coefficient (Wildman–Crippen LogP) is -0.488. The first kappa shape index (κ1) is 26.2. The van der Waals surface area contributed by atoms with Gasteiger partial charge in [0.2, 0.25) is 6.29 Å². The molecule has 0 aromatic carbocycles. The molecule has 0 radical (unpaired) electrons. The second kappa shape index (κ2) is 12.3. The molecular weight excluding hydrogens is 428 g/mol. The lowest BCUT2D eigenvalue weighted by atomic mass is 9.86. The van der Waals surface area contributed by atoms with Crippen LogP contribution in [0.2, 0.25) is 0 Å².